The fourth-order valence-corrected chi connectivity index (χ4v) is 5.37. The molecule has 1 heterocycles. The smallest absolute Gasteiger partial charge is 0.0960 e. The Hall–Kier alpha value is -1.28. The van der Waals surface area contributed by atoms with Gasteiger partial charge in [-0.1, -0.05) is 37.5 Å². The van der Waals surface area contributed by atoms with Gasteiger partial charge in [-0.25, -0.2) is 0 Å². The molecular formula is C23H34O2. The average Bonchev–Trinajstić information content (AvgIpc) is 3.08. The number of rotatable bonds is 6. The Morgan fingerprint density at radius 1 is 1.48 bits per heavy atom. The van der Waals surface area contributed by atoms with Gasteiger partial charge in [0.15, 0.2) is 0 Å². The van der Waals surface area contributed by atoms with Crippen molar-refractivity contribution in [3.63, 3.8) is 0 Å². The van der Waals surface area contributed by atoms with Crippen LogP contribution in [0.1, 0.15) is 77.4 Å². The molecule has 3 rings (SSSR count). The highest BCUT2D eigenvalue weighted by Gasteiger charge is 2.45. The normalized spacial score (nSPS) is 33.4. The summed E-state index contributed by atoms with van der Waals surface area (Å²) < 4.78 is 5.23. The van der Waals surface area contributed by atoms with E-state index in [2.05, 4.69) is 33.4 Å². The van der Waals surface area contributed by atoms with Crippen LogP contribution in [0.25, 0.3) is 0 Å². The molecule has 0 saturated heterocycles. The van der Waals surface area contributed by atoms with Crippen molar-refractivity contribution < 1.29 is 9.52 Å². The van der Waals surface area contributed by atoms with E-state index in [-0.39, 0.29) is 0 Å². The molecule has 5 atom stereocenters. The van der Waals surface area contributed by atoms with Crippen molar-refractivity contribution in [1.29, 1.82) is 0 Å². The summed E-state index contributed by atoms with van der Waals surface area (Å²) in [5.41, 5.74) is 4.15. The molecule has 0 radical (unpaired) electrons. The second kappa shape index (κ2) is 7.53. The second-order valence-electron chi connectivity index (χ2n) is 8.82. The maximum atomic E-state index is 11.1. The fraction of sp³-hybridized carbons (Fsp3) is 0.652. The average molecular weight is 343 g/mol. The molecule has 1 aromatic heterocycles. The Balaban J connectivity index is 1.81. The summed E-state index contributed by atoms with van der Waals surface area (Å²) in [5, 5.41) is 11.1. The van der Waals surface area contributed by atoms with Gasteiger partial charge in [-0.3, -0.25) is 0 Å². The largest absolute Gasteiger partial charge is 0.472 e. The lowest BCUT2D eigenvalue weighted by Gasteiger charge is -2.49. The maximum Gasteiger partial charge on any atom is 0.0960 e. The van der Waals surface area contributed by atoms with Gasteiger partial charge in [0.05, 0.1) is 18.6 Å². The summed E-state index contributed by atoms with van der Waals surface area (Å²) in [5.74, 6) is 1.33. The Morgan fingerprint density at radius 3 is 2.96 bits per heavy atom. The number of furan rings is 1. The van der Waals surface area contributed by atoms with E-state index in [0.29, 0.717) is 23.2 Å². The van der Waals surface area contributed by atoms with Crippen LogP contribution < -0.4 is 0 Å². The van der Waals surface area contributed by atoms with Crippen LogP contribution in [0.4, 0.5) is 0 Å². The zero-order chi connectivity index (χ0) is 18.0. The summed E-state index contributed by atoms with van der Waals surface area (Å²) in [6, 6.07) is 1.92. The van der Waals surface area contributed by atoms with Gasteiger partial charge in [0.1, 0.15) is 0 Å². The third-order valence-corrected chi connectivity index (χ3v) is 6.75. The summed E-state index contributed by atoms with van der Waals surface area (Å²) in [6.45, 7) is 10.9. The first-order valence-corrected chi connectivity index (χ1v) is 9.97. The molecule has 1 N–H and O–H groups in total. The van der Waals surface area contributed by atoms with Gasteiger partial charge in [0.2, 0.25) is 0 Å². The summed E-state index contributed by atoms with van der Waals surface area (Å²) in [4.78, 5) is 0. The molecule has 0 bridgehead atoms. The first kappa shape index (κ1) is 18.5. The molecule has 0 aromatic carbocycles. The minimum atomic E-state index is -0.416. The van der Waals surface area contributed by atoms with Crippen LogP contribution in [0.15, 0.2) is 46.8 Å². The van der Waals surface area contributed by atoms with Crippen LogP contribution in [0.5, 0.6) is 0 Å². The van der Waals surface area contributed by atoms with Crippen molar-refractivity contribution in [1.82, 2.24) is 0 Å². The fourth-order valence-electron chi connectivity index (χ4n) is 5.37. The van der Waals surface area contributed by atoms with Crippen molar-refractivity contribution in [2.45, 2.75) is 71.8 Å². The topological polar surface area (TPSA) is 33.4 Å². The lowest BCUT2D eigenvalue weighted by Crippen LogP contribution is -2.40. The monoisotopic (exact) mass is 342 g/mol. The Morgan fingerprint density at radius 2 is 2.28 bits per heavy atom. The van der Waals surface area contributed by atoms with Crippen LogP contribution in [-0.2, 0) is 0 Å². The molecule has 2 nitrogen and oxygen atoms in total. The van der Waals surface area contributed by atoms with Crippen LogP contribution in [0.3, 0.4) is 0 Å². The van der Waals surface area contributed by atoms with Crippen molar-refractivity contribution >= 4 is 0 Å². The SMILES string of the molecule is C=C(C)CCC[C@]1(C)CCC[C@@H]2C1=CC[C@@H](C)[C@@H]2[C@H](O)c1ccoc1. The van der Waals surface area contributed by atoms with Gasteiger partial charge < -0.3 is 9.52 Å². The van der Waals surface area contributed by atoms with Gasteiger partial charge in [-0.05, 0) is 74.7 Å². The molecule has 2 heteroatoms. The van der Waals surface area contributed by atoms with Crippen molar-refractivity contribution in [3.8, 4) is 0 Å². The predicted molar refractivity (Wildman–Crippen MR) is 103 cm³/mol. The van der Waals surface area contributed by atoms with Gasteiger partial charge in [-0.2, -0.15) is 0 Å². The van der Waals surface area contributed by atoms with E-state index in [1.54, 1.807) is 18.1 Å². The first-order valence-electron chi connectivity index (χ1n) is 9.97. The maximum absolute atomic E-state index is 11.1. The van der Waals surface area contributed by atoms with Crippen LogP contribution in [0, 0.1) is 23.2 Å². The lowest BCUT2D eigenvalue weighted by atomic mass is 9.56. The highest BCUT2D eigenvalue weighted by Crippen LogP contribution is 2.55. The summed E-state index contributed by atoms with van der Waals surface area (Å²) in [6.07, 6.45) is 13.9. The summed E-state index contributed by atoms with van der Waals surface area (Å²) >= 11 is 0. The molecule has 1 saturated carbocycles. The Bertz CT molecular complexity index is 612. The molecule has 138 valence electrons. The highest BCUT2D eigenvalue weighted by molar-refractivity contribution is 5.26. The van der Waals surface area contributed by atoms with Gasteiger partial charge in [0.25, 0.3) is 0 Å². The summed E-state index contributed by atoms with van der Waals surface area (Å²) in [7, 11) is 0. The molecule has 1 aromatic rings. The van der Waals surface area contributed by atoms with E-state index in [1.165, 1.54) is 37.7 Å². The van der Waals surface area contributed by atoms with Gasteiger partial charge in [0, 0.05) is 5.56 Å². The molecule has 2 aliphatic rings. The second-order valence-corrected chi connectivity index (χ2v) is 8.82. The van der Waals surface area contributed by atoms with Crippen molar-refractivity contribution in [2.75, 3.05) is 0 Å². The molecule has 0 amide bonds. The number of hydrogen-bond acceptors (Lipinski definition) is 2. The first-order chi connectivity index (χ1) is 11.9. The number of aliphatic hydroxyl groups is 1. The number of hydrogen-bond donors (Lipinski definition) is 1. The third kappa shape index (κ3) is 3.79. The van der Waals surface area contributed by atoms with Crippen LogP contribution in [-0.4, -0.2) is 5.11 Å². The van der Waals surface area contributed by atoms with Gasteiger partial charge >= 0.3 is 0 Å². The number of allylic oxidation sites excluding steroid dienone is 3. The zero-order valence-electron chi connectivity index (χ0n) is 16.1. The molecule has 0 unspecified atom stereocenters. The standard InChI is InChI=1S/C23H34O2/c1-16(2)7-5-12-23(4)13-6-8-19-20(23)10-9-17(3)21(19)22(24)18-11-14-25-15-18/h10-11,14-15,17,19,21-22,24H,1,5-9,12-13H2,2-4H3/t17-,19-,21+,22-,23-/m1/s1. The van der Waals surface area contributed by atoms with Crippen molar-refractivity contribution in [3.05, 3.63) is 48.0 Å². The van der Waals surface area contributed by atoms with E-state index >= 15 is 0 Å². The Labute approximate surface area is 153 Å². The van der Waals surface area contributed by atoms with E-state index in [0.717, 1.165) is 18.4 Å². The Kier molecular flexibility index (Phi) is 5.58. The van der Waals surface area contributed by atoms with Crippen molar-refractivity contribution in [2.24, 2.45) is 23.2 Å². The lowest BCUT2D eigenvalue weighted by molar-refractivity contribution is 0.0208. The number of fused-ring (bicyclic) bond motifs is 1. The molecule has 25 heavy (non-hydrogen) atoms. The van der Waals surface area contributed by atoms with E-state index in [4.69, 9.17) is 4.42 Å². The molecular weight excluding hydrogens is 308 g/mol. The quantitative estimate of drug-likeness (QED) is 0.603. The molecule has 0 spiro atoms. The molecule has 1 fully saturated rings. The highest BCUT2D eigenvalue weighted by atomic mass is 16.3. The van der Waals surface area contributed by atoms with Crippen LogP contribution in [0.2, 0.25) is 0 Å². The molecule has 2 aliphatic carbocycles. The molecule has 0 aliphatic heterocycles. The van der Waals surface area contributed by atoms with Gasteiger partial charge in [-0.15, -0.1) is 6.58 Å². The predicted octanol–water partition coefficient (Wildman–Crippen LogP) is 6.45. The number of aliphatic hydroxyl groups excluding tert-OH is 1. The zero-order valence-corrected chi connectivity index (χ0v) is 16.1. The van der Waals surface area contributed by atoms with E-state index < -0.39 is 6.10 Å². The van der Waals surface area contributed by atoms with Crippen LogP contribution >= 0.6 is 0 Å². The van der Waals surface area contributed by atoms with E-state index in [9.17, 15) is 5.11 Å². The minimum Gasteiger partial charge on any atom is -0.472 e. The van der Waals surface area contributed by atoms with E-state index in [1.807, 2.05) is 6.07 Å². The minimum absolute atomic E-state index is 0.298. The third-order valence-electron chi connectivity index (χ3n) is 6.75.